The molecule has 1 saturated heterocycles. The normalized spacial score (nSPS) is 28.7. The molecule has 6 heteroatoms. The molecule has 4 rings (SSSR count). The standard InChI is InChI=1S/C24H27N3O3/c1-23(2)19(21-24(3,4)27(21)26)20(23)22(28)30-18(14-25)15-9-8-12-17(13-15)29-16-10-6-5-7-11-16/h5-13,18-21H,26H2,1-4H3/t18-,19?,20-,21-,27?/m0/s1. The third-order valence-corrected chi connectivity index (χ3v) is 6.62. The number of ether oxygens (including phenoxy) is 2. The predicted octanol–water partition coefficient (Wildman–Crippen LogP) is 4.20. The molecule has 0 bridgehead atoms. The van der Waals surface area contributed by atoms with E-state index in [1.54, 1.807) is 29.3 Å². The Kier molecular flexibility index (Phi) is 4.84. The Morgan fingerprint density at radius 3 is 2.33 bits per heavy atom. The minimum absolute atomic E-state index is 0.116. The summed E-state index contributed by atoms with van der Waals surface area (Å²) < 4.78 is 11.5. The first kappa shape index (κ1) is 20.4. The number of esters is 1. The van der Waals surface area contributed by atoms with E-state index >= 15 is 0 Å². The van der Waals surface area contributed by atoms with E-state index < -0.39 is 6.10 Å². The Hall–Kier alpha value is -2.88. The van der Waals surface area contributed by atoms with Crippen molar-refractivity contribution in [3.05, 3.63) is 60.2 Å². The van der Waals surface area contributed by atoms with E-state index in [1.165, 1.54) is 0 Å². The average molecular weight is 405 g/mol. The van der Waals surface area contributed by atoms with Gasteiger partial charge in [-0.3, -0.25) is 10.6 Å². The van der Waals surface area contributed by atoms with Gasteiger partial charge in [0.1, 0.15) is 17.6 Å². The fraction of sp³-hybridized carbons (Fsp3) is 0.417. The minimum atomic E-state index is -0.991. The van der Waals surface area contributed by atoms with E-state index in [9.17, 15) is 10.1 Å². The van der Waals surface area contributed by atoms with Gasteiger partial charge in [-0.2, -0.15) is 5.26 Å². The van der Waals surface area contributed by atoms with Gasteiger partial charge in [0.05, 0.1) is 5.92 Å². The summed E-state index contributed by atoms with van der Waals surface area (Å²) >= 11 is 0. The van der Waals surface area contributed by atoms with Gasteiger partial charge in [0, 0.05) is 17.1 Å². The summed E-state index contributed by atoms with van der Waals surface area (Å²) in [5.74, 6) is 6.87. The third kappa shape index (κ3) is 3.45. The average Bonchev–Trinajstić information content (AvgIpc) is 3.46. The number of nitrogens with two attached hydrogens (primary N) is 1. The van der Waals surface area contributed by atoms with Crippen molar-refractivity contribution in [1.29, 1.82) is 5.26 Å². The molecule has 2 aliphatic rings. The van der Waals surface area contributed by atoms with Crippen LogP contribution in [0.15, 0.2) is 54.6 Å². The first-order valence-corrected chi connectivity index (χ1v) is 10.1. The highest BCUT2D eigenvalue weighted by molar-refractivity contribution is 5.78. The molecule has 2 N–H and O–H groups in total. The zero-order valence-corrected chi connectivity index (χ0v) is 17.7. The third-order valence-electron chi connectivity index (χ3n) is 6.62. The highest BCUT2D eigenvalue weighted by Crippen LogP contribution is 2.67. The summed E-state index contributed by atoms with van der Waals surface area (Å²) in [6.45, 7) is 8.26. The zero-order valence-electron chi connectivity index (χ0n) is 17.7. The quantitative estimate of drug-likeness (QED) is 0.440. The first-order chi connectivity index (χ1) is 14.2. The van der Waals surface area contributed by atoms with Gasteiger partial charge in [0.2, 0.25) is 6.10 Å². The van der Waals surface area contributed by atoms with Crippen LogP contribution in [-0.4, -0.2) is 22.6 Å². The monoisotopic (exact) mass is 405 g/mol. The van der Waals surface area contributed by atoms with Crippen molar-refractivity contribution in [3.8, 4) is 17.6 Å². The molecular weight excluding hydrogens is 378 g/mol. The first-order valence-electron chi connectivity index (χ1n) is 10.1. The Morgan fingerprint density at radius 1 is 1.10 bits per heavy atom. The second-order valence-corrected chi connectivity index (χ2v) is 9.26. The van der Waals surface area contributed by atoms with E-state index in [1.807, 2.05) is 30.3 Å². The van der Waals surface area contributed by atoms with Crippen LogP contribution in [0.4, 0.5) is 0 Å². The maximum absolute atomic E-state index is 12.9. The van der Waals surface area contributed by atoms with Crippen molar-refractivity contribution >= 4 is 5.97 Å². The fourth-order valence-electron chi connectivity index (χ4n) is 4.60. The Balaban J connectivity index is 1.46. The molecule has 2 aromatic rings. The number of carbonyl (C=O) groups excluding carboxylic acids is 1. The lowest BCUT2D eigenvalue weighted by Crippen LogP contribution is -2.16. The molecule has 2 unspecified atom stereocenters. The van der Waals surface area contributed by atoms with Gasteiger partial charge in [0.15, 0.2) is 0 Å². The van der Waals surface area contributed by atoms with Crippen molar-refractivity contribution in [2.24, 2.45) is 23.1 Å². The van der Waals surface area contributed by atoms with Crippen LogP contribution < -0.4 is 10.6 Å². The van der Waals surface area contributed by atoms with Crippen LogP contribution in [-0.2, 0) is 9.53 Å². The van der Waals surface area contributed by atoms with Gasteiger partial charge >= 0.3 is 5.97 Å². The second-order valence-electron chi connectivity index (χ2n) is 9.26. The molecule has 6 nitrogen and oxygen atoms in total. The van der Waals surface area contributed by atoms with Crippen LogP contribution in [0.25, 0.3) is 0 Å². The minimum Gasteiger partial charge on any atom is -0.457 e. The van der Waals surface area contributed by atoms with Gasteiger partial charge in [-0.25, -0.2) is 5.01 Å². The van der Waals surface area contributed by atoms with Gasteiger partial charge < -0.3 is 9.47 Å². The number of nitriles is 1. The van der Waals surface area contributed by atoms with Gasteiger partial charge in [0.25, 0.3) is 0 Å². The molecule has 1 saturated carbocycles. The van der Waals surface area contributed by atoms with Crippen LogP contribution in [0, 0.1) is 28.6 Å². The molecule has 2 fully saturated rings. The molecule has 30 heavy (non-hydrogen) atoms. The van der Waals surface area contributed by atoms with E-state index in [2.05, 4.69) is 33.8 Å². The van der Waals surface area contributed by atoms with E-state index in [0.29, 0.717) is 17.1 Å². The highest BCUT2D eigenvalue weighted by Gasteiger charge is 2.74. The zero-order chi connectivity index (χ0) is 21.7. The molecule has 0 radical (unpaired) electrons. The maximum atomic E-state index is 12.9. The van der Waals surface area contributed by atoms with Gasteiger partial charge in [-0.1, -0.05) is 44.2 Å². The summed E-state index contributed by atoms with van der Waals surface area (Å²) in [6.07, 6.45) is -0.991. The summed E-state index contributed by atoms with van der Waals surface area (Å²) in [4.78, 5) is 12.9. The molecule has 156 valence electrons. The largest absolute Gasteiger partial charge is 0.457 e. The van der Waals surface area contributed by atoms with E-state index in [-0.39, 0.29) is 34.8 Å². The SMILES string of the molecule is CC1(C)C([C@@H]2N(N)C2(C)C)[C@H]1C(=O)O[C@@H](C#N)c1cccc(Oc2ccccc2)c1. The summed E-state index contributed by atoms with van der Waals surface area (Å²) in [5.41, 5.74) is 0.265. The van der Waals surface area contributed by atoms with Crippen LogP contribution >= 0.6 is 0 Å². The number of para-hydroxylation sites is 1. The molecule has 1 heterocycles. The summed E-state index contributed by atoms with van der Waals surface area (Å²) in [6, 6.07) is 18.7. The summed E-state index contributed by atoms with van der Waals surface area (Å²) in [5, 5.41) is 11.5. The van der Waals surface area contributed by atoms with Crippen molar-refractivity contribution in [3.63, 3.8) is 0 Å². The Labute approximate surface area is 177 Å². The topological polar surface area (TPSA) is 88.4 Å². The molecular formula is C24H27N3O3. The lowest BCUT2D eigenvalue weighted by Gasteiger charge is -2.13. The number of benzene rings is 2. The van der Waals surface area contributed by atoms with Crippen molar-refractivity contribution in [2.75, 3.05) is 0 Å². The maximum Gasteiger partial charge on any atom is 0.311 e. The highest BCUT2D eigenvalue weighted by atomic mass is 16.5. The van der Waals surface area contributed by atoms with Crippen molar-refractivity contribution in [2.45, 2.75) is 45.4 Å². The van der Waals surface area contributed by atoms with Crippen LogP contribution in [0.2, 0.25) is 0 Å². The second kappa shape index (κ2) is 7.12. The molecule has 2 aromatic carbocycles. The molecule has 5 atom stereocenters. The molecule has 1 aliphatic carbocycles. The lowest BCUT2D eigenvalue weighted by molar-refractivity contribution is -0.149. The molecule has 1 aliphatic heterocycles. The smallest absolute Gasteiger partial charge is 0.311 e. The number of nitrogens with zero attached hydrogens (tertiary/aromatic N) is 2. The Morgan fingerprint density at radius 2 is 1.73 bits per heavy atom. The number of carbonyl (C=O) groups is 1. The fourth-order valence-corrected chi connectivity index (χ4v) is 4.60. The van der Waals surface area contributed by atoms with Crippen LogP contribution in [0.1, 0.15) is 39.4 Å². The Bertz CT molecular complexity index is 996. The number of hydrazine groups is 1. The van der Waals surface area contributed by atoms with E-state index in [0.717, 1.165) is 0 Å². The summed E-state index contributed by atoms with van der Waals surface area (Å²) in [7, 11) is 0. The van der Waals surface area contributed by atoms with Crippen LogP contribution in [0.5, 0.6) is 11.5 Å². The predicted molar refractivity (Wildman–Crippen MR) is 112 cm³/mol. The number of hydrogen-bond donors (Lipinski definition) is 1. The lowest BCUT2D eigenvalue weighted by atomic mass is 10.0. The van der Waals surface area contributed by atoms with Crippen molar-refractivity contribution < 1.29 is 14.3 Å². The number of hydrogen-bond acceptors (Lipinski definition) is 6. The molecule has 0 amide bonds. The van der Waals surface area contributed by atoms with Crippen LogP contribution in [0.3, 0.4) is 0 Å². The van der Waals surface area contributed by atoms with E-state index in [4.69, 9.17) is 15.3 Å². The molecule has 0 spiro atoms. The van der Waals surface area contributed by atoms with Gasteiger partial charge in [-0.15, -0.1) is 0 Å². The number of rotatable bonds is 6. The molecule has 0 aromatic heterocycles. The van der Waals surface area contributed by atoms with Crippen molar-refractivity contribution in [1.82, 2.24) is 5.01 Å². The van der Waals surface area contributed by atoms with Gasteiger partial charge in [-0.05, 0) is 49.4 Å².